The van der Waals surface area contributed by atoms with E-state index in [9.17, 15) is 0 Å². The maximum atomic E-state index is 6.15. The highest BCUT2D eigenvalue weighted by Crippen LogP contribution is 2.45. The van der Waals surface area contributed by atoms with E-state index in [1.165, 1.54) is 77.2 Å². The maximum absolute atomic E-state index is 6.15. The number of rotatable bonds is 3. The lowest BCUT2D eigenvalue weighted by Gasteiger charge is -2.29. The second-order valence-corrected chi connectivity index (χ2v) is 12.5. The zero-order valence-corrected chi connectivity index (χ0v) is 25.2. The molecule has 1 aliphatic rings. The third-order valence-electron chi connectivity index (χ3n) is 9.98. The van der Waals surface area contributed by atoms with Crippen LogP contribution in [-0.2, 0) is 6.42 Å². The Hall–Kier alpha value is -5.86. The Morgan fingerprint density at radius 3 is 2.13 bits per heavy atom. The Balaban J connectivity index is 1.09. The highest BCUT2D eigenvalue weighted by atomic mass is 16.3. The van der Waals surface area contributed by atoms with Crippen LogP contribution in [0.3, 0.4) is 0 Å². The van der Waals surface area contributed by atoms with E-state index in [1.54, 1.807) is 0 Å². The predicted octanol–water partition coefficient (Wildman–Crippen LogP) is 11.7. The van der Waals surface area contributed by atoms with Gasteiger partial charge < -0.3 is 8.98 Å². The summed E-state index contributed by atoms with van der Waals surface area (Å²) in [7, 11) is 0. The van der Waals surface area contributed by atoms with Crippen LogP contribution in [0.15, 0.2) is 162 Å². The van der Waals surface area contributed by atoms with Crippen LogP contribution in [-0.4, -0.2) is 4.57 Å². The van der Waals surface area contributed by atoms with Crippen LogP contribution < -0.4 is 0 Å². The summed E-state index contributed by atoms with van der Waals surface area (Å²) in [4.78, 5) is 0. The minimum Gasteiger partial charge on any atom is -0.456 e. The molecule has 0 spiro atoms. The van der Waals surface area contributed by atoms with Crippen LogP contribution in [0.5, 0.6) is 0 Å². The third-order valence-corrected chi connectivity index (χ3v) is 9.98. The van der Waals surface area contributed by atoms with Crippen molar-refractivity contribution in [1.82, 2.24) is 4.57 Å². The van der Waals surface area contributed by atoms with Crippen molar-refractivity contribution in [3.8, 4) is 27.9 Å². The minimum atomic E-state index is 0.285. The smallest absolute Gasteiger partial charge is 0.135 e. The van der Waals surface area contributed by atoms with Crippen molar-refractivity contribution >= 4 is 43.7 Å². The molecule has 1 unspecified atom stereocenters. The minimum absolute atomic E-state index is 0.285. The van der Waals surface area contributed by atoms with Crippen LogP contribution in [0.25, 0.3) is 71.7 Å². The molecule has 0 fully saturated rings. The van der Waals surface area contributed by atoms with E-state index in [0.717, 1.165) is 17.6 Å². The summed E-state index contributed by atoms with van der Waals surface area (Å²) in [6.07, 6.45) is 0.970. The second kappa shape index (κ2) is 9.82. The predicted molar refractivity (Wildman–Crippen MR) is 191 cm³/mol. The van der Waals surface area contributed by atoms with Crippen molar-refractivity contribution in [2.75, 3.05) is 0 Å². The highest BCUT2D eigenvalue weighted by Gasteiger charge is 2.27. The van der Waals surface area contributed by atoms with E-state index < -0.39 is 0 Å². The number of hydrogen-bond acceptors (Lipinski definition) is 1. The first kappa shape index (κ1) is 25.5. The van der Waals surface area contributed by atoms with E-state index in [0.29, 0.717) is 0 Å². The molecule has 0 amide bonds. The van der Waals surface area contributed by atoms with Crippen molar-refractivity contribution in [1.29, 1.82) is 0 Å². The number of nitrogens with zero attached hydrogens (tertiary/aromatic N) is 1. The average Bonchev–Trinajstić information content (AvgIpc) is 3.66. The summed E-state index contributed by atoms with van der Waals surface area (Å²) in [6, 6.07) is 57.5. The molecule has 1 aliphatic carbocycles. The van der Waals surface area contributed by atoms with Gasteiger partial charge in [-0.3, -0.25) is 0 Å². The Morgan fingerprint density at radius 2 is 1.20 bits per heavy atom. The molecular formula is C44H29NO. The molecule has 1 atom stereocenters. The fourth-order valence-electron chi connectivity index (χ4n) is 7.83. The van der Waals surface area contributed by atoms with E-state index in [1.807, 2.05) is 6.07 Å². The molecule has 216 valence electrons. The largest absolute Gasteiger partial charge is 0.456 e. The fourth-order valence-corrected chi connectivity index (χ4v) is 7.83. The molecule has 0 aliphatic heterocycles. The van der Waals surface area contributed by atoms with Crippen LogP contribution >= 0.6 is 0 Å². The fraction of sp³-hybridized carbons (Fsp3) is 0.0455. The van der Waals surface area contributed by atoms with Gasteiger partial charge in [-0.1, -0.05) is 103 Å². The summed E-state index contributed by atoms with van der Waals surface area (Å²) in [6.45, 7) is 0. The molecule has 2 heterocycles. The third kappa shape index (κ3) is 3.77. The summed E-state index contributed by atoms with van der Waals surface area (Å²) in [5.74, 6) is 0.285. The molecule has 0 saturated carbocycles. The van der Waals surface area contributed by atoms with Crippen LogP contribution in [0.4, 0.5) is 0 Å². The van der Waals surface area contributed by atoms with E-state index >= 15 is 0 Å². The standard InChI is InChI=1S/C44H29NO/c1-2-10-32(11-3-1)45-41-16-8-6-14-35(41)39-25-29(20-22-42(39)45)28-18-19-30-26-38(34-13-5-4-12-33(34)37(30)24-28)31-21-23-44-40(27-31)36-15-7-9-17-43(36)46-44/h1-25,27,38H,26H2. The molecule has 2 aromatic heterocycles. The lowest BCUT2D eigenvalue weighted by atomic mass is 9.75. The lowest BCUT2D eigenvalue weighted by molar-refractivity contribution is 0.668. The van der Waals surface area contributed by atoms with Gasteiger partial charge in [0.15, 0.2) is 0 Å². The SMILES string of the molecule is c1ccc(-n2c3ccccc3c3cc(-c4ccc5c(c4)-c4ccccc4C(c4ccc6oc7ccccc7c6c4)C5)ccc32)cc1. The van der Waals surface area contributed by atoms with Crippen LogP contribution in [0.2, 0.25) is 0 Å². The first-order valence-electron chi connectivity index (χ1n) is 16.0. The van der Waals surface area contributed by atoms with Crippen LogP contribution in [0, 0.1) is 0 Å². The quantitative estimate of drug-likeness (QED) is 0.201. The van der Waals surface area contributed by atoms with Crippen molar-refractivity contribution in [2.24, 2.45) is 0 Å². The Bertz CT molecular complexity index is 2620. The molecule has 2 heteroatoms. The number of fused-ring (bicyclic) bond motifs is 9. The van der Waals surface area contributed by atoms with Gasteiger partial charge in [0.2, 0.25) is 0 Å². The van der Waals surface area contributed by atoms with Gasteiger partial charge in [0.05, 0.1) is 11.0 Å². The normalized spacial score (nSPS) is 14.2. The van der Waals surface area contributed by atoms with Gasteiger partial charge in [0.1, 0.15) is 11.2 Å². The number of para-hydroxylation sites is 3. The van der Waals surface area contributed by atoms with Gasteiger partial charge in [-0.05, 0) is 100.0 Å². The van der Waals surface area contributed by atoms with Gasteiger partial charge in [0, 0.05) is 33.2 Å². The zero-order chi connectivity index (χ0) is 30.2. The maximum Gasteiger partial charge on any atom is 0.135 e. The molecule has 10 rings (SSSR count). The molecule has 0 bridgehead atoms. The highest BCUT2D eigenvalue weighted by molar-refractivity contribution is 6.10. The lowest BCUT2D eigenvalue weighted by Crippen LogP contribution is -2.12. The Kier molecular flexibility index (Phi) is 5.44. The molecule has 7 aromatic carbocycles. The number of hydrogen-bond donors (Lipinski definition) is 0. The summed E-state index contributed by atoms with van der Waals surface area (Å²) >= 11 is 0. The molecule has 0 saturated heterocycles. The number of benzene rings is 7. The summed E-state index contributed by atoms with van der Waals surface area (Å²) < 4.78 is 8.52. The van der Waals surface area contributed by atoms with E-state index in [4.69, 9.17) is 4.42 Å². The Labute approximate surface area is 266 Å². The Morgan fingerprint density at radius 1 is 0.478 bits per heavy atom. The van der Waals surface area contributed by atoms with E-state index in [2.05, 4.69) is 156 Å². The average molecular weight is 588 g/mol. The molecule has 9 aromatic rings. The van der Waals surface area contributed by atoms with Gasteiger partial charge in [-0.25, -0.2) is 0 Å². The molecular weight excluding hydrogens is 558 g/mol. The molecule has 0 radical (unpaired) electrons. The molecule has 46 heavy (non-hydrogen) atoms. The first-order chi connectivity index (χ1) is 22.8. The monoisotopic (exact) mass is 587 g/mol. The van der Waals surface area contributed by atoms with Gasteiger partial charge in [-0.2, -0.15) is 0 Å². The first-order valence-corrected chi connectivity index (χ1v) is 16.0. The van der Waals surface area contributed by atoms with Gasteiger partial charge >= 0.3 is 0 Å². The second-order valence-electron chi connectivity index (χ2n) is 12.5. The molecule has 2 nitrogen and oxygen atoms in total. The number of furan rings is 1. The zero-order valence-electron chi connectivity index (χ0n) is 25.2. The van der Waals surface area contributed by atoms with Crippen molar-refractivity contribution < 1.29 is 4.42 Å². The topological polar surface area (TPSA) is 18.1 Å². The summed E-state index contributed by atoms with van der Waals surface area (Å²) in [5, 5.41) is 4.92. The number of aromatic nitrogens is 1. The van der Waals surface area contributed by atoms with E-state index in [-0.39, 0.29) is 5.92 Å². The van der Waals surface area contributed by atoms with Crippen LogP contribution in [0.1, 0.15) is 22.6 Å². The van der Waals surface area contributed by atoms with Gasteiger partial charge in [-0.15, -0.1) is 0 Å². The van der Waals surface area contributed by atoms with Crippen molar-refractivity contribution in [3.05, 3.63) is 174 Å². The molecule has 0 N–H and O–H groups in total. The van der Waals surface area contributed by atoms with Crippen molar-refractivity contribution in [2.45, 2.75) is 12.3 Å². The van der Waals surface area contributed by atoms with Crippen molar-refractivity contribution in [3.63, 3.8) is 0 Å². The summed E-state index contributed by atoms with van der Waals surface area (Å²) in [5.41, 5.74) is 14.8. The van der Waals surface area contributed by atoms with Gasteiger partial charge in [0.25, 0.3) is 0 Å².